The number of rotatable bonds is 2. The molecule has 0 atom stereocenters. The second-order valence-electron chi connectivity index (χ2n) is 4.25. The van der Waals surface area contributed by atoms with Crippen molar-refractivity contribution in [2.75, 3.05) is 0 Å². The summed E-state index contributed by atoms with van der Waals surface area (Å²) < 4.78 is 26.3. The van der Waals surface area contributed by atoms with Crippen LogP contribution in [0.1, 0.15) is 25.6 Å². The highest BCUT2D eigenvalue weighted by atomic mass is 35.5. The Kier molecular flexibility index (Phi) is 3.57. The van der Waals surface area contributed by atoms with Crippen molar-refractivity contribution < 1.29 is 8.78 Å². The number of nitrogens with zero attached hydrogens (tertiary/aromatic N) is 2. The smallest absolute Gasteiger partial charge is 0.133 e. The maximum absolute atomic E-state index is 13.2. The molecule has 0 saturated heterocycles. The Bertz CT molecular complexity index is 565. The molecule has 0 unspecified atom stereocenters. The van der Waals surface area contributed by atoms with E-state index in [1.807, 2.05) is 13.8 Å². The van der Waals surface area contributed by atoms with Gasteiger partial charge in [0.05, 0.1) is 5.69 Å². The van der Waals surface area contributed by atoms with Crippen LogP contribution in [0.15, 0.2) is 24.3 Å². The fourth-order valence-corrected chi connectivity index (χ4v) is 1.73. The second-order valence-corrected chi connectivity index (χ2v) is 4.63. The first-order valence-electron chi connectivity index (χ1n) is 5.46. The fourth-order valence-electron chi connectivity index (χ4n) is 1.54. The van der Waals surface area contributed by atoms with Crippen LogP contribution < -0.4 is 0 Å². The molecule has 2 rings (SSSR count). The Morgan fingerprint density at radius 1 is 1.00 bits per heavy atom. The van der Waals surface area contributed by atoms with Gasteiger partial charge in [-0.2, -0.15) is 0 Å². The molecular formula is C13H11ClF2N2. The molecule has 1 heterocycles. The molecule has 5 heteroatoms. The van der Waals surface area contributed by atoms with Crippen LogP contribution in [0.5, 0.6) is 0 Å². The van der Waals surface area contributed by atoms with Gasteiger partial charge in [-0.15, -0.1) is 0 Å². The lowest BCUT2D eigenvalue weighted by molar-refractivity contribution is 0.584. The minimum absolute atomic E-state index is 0.0841. The van der Waals surface area contributed by atoms with Crippen molar-refractivity contribution in [3.8, 4) is 11.3 Å². The van der Waals surface area contributed by atoms with Gasteiger partial charge in [0.25, 0.3) is 0 Å². The van der Waals surface area contributed by atoms with Crippen molar-refractivity contribution in [1.82, 2.24) is 9.97 Å². The predicted molar refractivity (Wildman–Crippen MR) is 66.5 cm³/mol. The summed E-state index contributed by atoms with van der Waals surface area (Å²) >= 11 is 5.88. The van der Waals surface area contributed by atoms with Gasteiger partial charge < -0.3 is 0 Å². The Balaban J connectivity index is 2.56. The van der Waals surface area contributed by atoms with Gasteiger partial charge in [-0.05, 0) is 12.1 Å². The lowest BCUT2D eigenvalue weighted by Crippen LogP contribution is -1.99. The van der Waals surface area contributed by atoms with E-state index < -0.39 is 11.6 Å². The zero-order valence-electron chi connectivity index (χ0n) is 9.92. The Morgan fingerprint density at radius 2 is 1.61 bits per heavy atom. The van der Waals surface area contributed by atoms with Crippen molar-refractivity contribution >= 4 is 11.6 Å². The van der Waals surface area contributed by atoms with Crippen LogP contribution in [-0.4, -0.2) is 9.97 Å². The van der Waals surface area contributed by atoms with E-state index in [0.717, 1.165) is 6.07 Å². The molecule has 0 aliphatic rings. The molecule has 0 N–H and O–H groups in total. The van der Waals surface area contributed by atoms with Gasteiger partial charge in [0, 0.05) is 23.6 Å². The molecule has 0 aliphatic heterocycles. The van der Waals surface area contributed by atoms with Crippen molar-refractivity contribution in [2.24, 2.45) is 0 Å². The van der Waals surface area contributed by atoms with Gasteiger partial charge in [0.2, 0.25) is 0 Å². The highest BCUT2D eigenvalue weighted by Gasteiger charge is 2.10. The van der Waals surface area contributed by atoms with E-state index in [-0.39, 0.29) is 11.1 Å². The van der Waals surface area contributed by atoms with Crippen molar-refractivity contribution in [3.05, 3.63) is 46.9 Å². The van der Waals surface area contributed by atoms with E-state index in [1.54, 1.807) is 0 Å². The highest BCUT2D eigenvalue weighted by Crippen LogP contribution is 2.24. The molecule has 2 aromatic rings. The van der Waals surface area contributed by atoms with Crippen LogP contribution in [0.3, 0.4) is 0 Å². The number of halogens is 3. The molecule has 18 heavy (non-hydrogen) atoms. The van der Waals surface area contributed by atoms with Crippen LogP contribution in [0, 0.1) is 11.6 Å². The molecule has 0 radical (unpaired) electrons. The molecular weight excluding hydrogens is 258 g/mol. The van der Waals surface area contributed by atoms with Crippen LogP contribution in [0.25, 0.3) is 11.3 Å². The topological polar surface area (TPSA) is 25.8 Å². The van der Waals surface area contributed by atoms with E-state index in [2.05, 4.69) is 9.97 Å². The van der Waals surface area contributed by atoms with Crippen molar-refractivity contribution in [3.63, 3.8) is 0 Å². The van der Waals surface area contributed by atoms with Gasteiger partial charge in [-0.3, -0.25) is 0 Å². The van der Waals surface area contributed by atoms with E-state index in [9.17, 15) is 8.78 Å². The summed E-state index contributed by atoms with van der Waals surface area (Å²) in [6, 6.07) is 4.73. The fraction of sp³-hybridized carbons (Fsp3) is 0.231. The zero-order chi connectivity index (χ0) is 13.3. The van der Waals surface area contributed by atoms with Crippen LogP contribution in [-0.2, 0) is 0 Å². The van der Waals surface area contributed by atoms with E-state index in [1.165, 1.54) is 18.2 Å². The van der Waals surface area contributed by atoms with Gasteiger partial charge in [0.15, 0.2) is 0 Å². The number of hydrogen-bond donors (Lipinski definition) is 0. The molecule has 0 spiro atoms. The standard InChI is InChI=1S/C13H11ClF2N2/c1-7(2)13-17-11(6-12(14)18-13)8-3-9(15)5-10(16)4-8/h3-7H,1-2H3. The first kappa shape index (κ1) is 12.9. The first-order valence-corrected chi connectivity index (χ1v) is 5.84. The third-order valence-corrected chi connectivity index (χ3v) is 2.58. The Hall–Kier alpha value is -1.55. The maximum atomic E-state index is 13.2. The third kappa shape index (κ3) is 2.82. The SMILES string of the molecule is CC(C)c1nc(Cl)cc(-c2cc(F)cc(F)c2)n1. The zero-order valence-corrected chi connectivity index (χ0v) is 10.7. The number of benzene rings is 1. The molecule has 0 bridgehead atoms. The molecule has 1 aromatic heterocycles. The van der Waals surface area contributed by atoms with E-state index >= 15 is 0 Å². The summed E-state index contributed by atoms with van der Waals surface area (Å²) in [5, 5.41) is 0.258. The summed E-state index contributed by atoms with van der Waals surface area (Å²) in [5.41, 5.74) is 0.760. The summed E-state index contributed by atoms with van der Waals surface area (Å²) in [7, 11) is 0. The highest BCUT2D eigenvalue weighted by molar-refractivity contribution is 6.29. The number of hydrogen-bond acceptors (Lipinski definition) is 2. The lowest BCUT2D eigenvalue weighted by Gasteiger charge is -2.08. The predicted octanol–water partition coefficient (Wildman–Crippen LogP) is 4.20. The normalized spacial score (nSPS) is 11.0. The molecule has 0 saturated carbocycles. The largest absolute Gasteiger partial charge is 0.233 e. The molecule has 0 aliphatic carbocycles. The Labute approximate surface area is 109 Å². The van der Waals surface area contributed by atoms with E-state index in [4.69, 9.17) is 11.6 Å². The van der Waals surface area contributed by atoms with Crippen LogP contribution >= 0.6 is 11.6 Å². The summed E-state index contributed by atoms with van der Waals surface area (Å²) in [6.45, 7) is 3.84. The quantitative estimate of drug-likeness (QED) is 0.763. The third-order valence-electron chi connectivity index (χ3n) is 2.39. The molecule has 2 nitrogen and oxygen atoms in total. The minimum atomic E-state index is -0.647. The van der Waals surface area contributed by atoms with Crippen LogP contribution in [0.2, 0.25) is 5.15 Å². The summed E-state index contributed by atoms with van der Waals surface area (Å²) in [4.78, 5) is 8.33. The van der Waals surface area contributed by atoms with Gasteiger partial charge in [0.1, 0.15) is 22.6 Å². The lowest BCUT2D eigenvalue weighted by atomic mass is 10.1. The summed E-state index contributed by atoms with van der Waals surface area (Å²) in [5.74, 6) is -0.667. The maximum Gasteiger partial charge on any atom is 0.133 e. The van der Waals surface area contributed by atoms with Crippen molar-refractivity contribution in [2.45, 2.75) is 19.8 Å². The van der Waals surface area contributed by atoms with Crippen LogP contribution in [0.4, 0.5) is 8.78 Å². The molecule has 94 valence electrons. The van der Waals surface area contributed by atoms with E-state index in [0.29, 0.717) is 17.1 Å². The Morgan fingerprint density at radius 3 is 2.17 bits per heavy atom. The summed E-state index contributed by atoms with van der Waals surface area (Å²) in [6.07, 6.45) is 0. The van der Waals surface area contributed by atoms with Gasteiger partial charge in [-0.1, -0.05) is 25.4 Å². The van der Waals surface area contributed by atoms with Gasteiger partial charge in [-0.25, -0.2) is 18.7 Å². The molecule has 0 amide bonds. The minimum Gasteiger partial charge on any atom is -0.233 e. The molecule has 1 aromatic carbocycles. The number of aromatic nitrogens is 2. The average Bonchev–Trinajstić information content (AvgIpc) is 2.26. The average molecular weight is 269 g/mol. The first-order chi connectivity index (χ1) is 8.45. The van der Waals surface area contributed by atoms with Gasteiger partial charge >= 0.3 is 0 Å². The second kappa shape index (κ2) is 4.98. The monoisotopic (exact) mass is 268 g/mol. The van der Waals surface area contributed by atoms with Crippen molar-refractivity contribution in [1.29, 1.82) is 0 Å². The molecule has 0 fully saturated rings.